The molecule has 3 rings (SSSR count). The second-order valence-corrected chi connectivity index (χ2v) is 5.68. The molecule has 0 bridgehead atoms. The van der Waals surface area contributed by atoms with Crippen LogP contribution in [-0.4, -0.2) is 34.8 Å². The number of aromatic nitrogens is 2. The molecule has 1 N–H and O–H groups in total. The van der Waals surface area contributed by atoms with Crippen LogP contribution in [-0.2, 0) is 4.79 Å². The quantitative estimate of drug-likeness (QED) is 0.515. The first kappa shape index (κ1) is 18.3. The van der Waals surface area contributed by atoms with Gasteiger partial charge in [0.15, 0.2) is 6.10 Å². The number of hydrogen-bond donors (Lipinski definition) is 1. The molecule has 7 nitrogen and oxygen atoms in total. The normalized spacial score (nSPS) is 12.1. The zero-order valence-corrected chi connectivity index (χ0v) is 15.1. The number of carbonyl (C=O) groups excluding carboxylic acids is 1. The largest absolute Gasteiger partial charge is 0.494 e. The van der Waals surface area contributed by atoms with E-state index in [2.05, 4.69) is 20.5 Å². The Morgan fingerprint density at radius 2 is 1.85 bits per heavy atom. The SMILES string of the molecule is CCOc1ccc(O[C@@H](C)C(=O)N/N=C\c2cnc3ccccc3n2)cc1. The molecule has 27 heavy (non-hydrogen) atoms. The lowest BCUT2D eigenvalue weighted by Crippen LogP contribution is -2.33. The van der Waals surface area contributed by atoms with E-state index in [0.29, 0.717) is 18.1 Å². The van der Waals surface area contributed by atoms with E-state index in [-0.39, 0.29) is 5.91 Å². The van der Waals surface area contributed by atoms with E-state index in [4.69, 9.17) is 9.47 Å². The molecule has 2 aromatic carbocycles. The minimum Gasteiger partial charge on any atom is -0.494 e. The number of hydrazone groups is 1. The summed E-state index contributed by atoms with van der Waals surface area (Å²) in [4.78, 5) is 20.8. The maximum absolute atomic E-state index is 12.1. The lowest BCUT2D eigenvalue weighted by atomic mass is 10.3. The van der Waals surface area contributed by atoms with Crippen LogP contribution in [0.2, 0.25) is 0 Å². The number of carbonyl (C=O) groups is 1. The molecule has 0 unspecified atom stereocenters. The molecule has 0 radical (unpaired) electrons. The first-order valence-corrected chi connectivity index (χ1v) is 8.60. The molecular formula is C20H20N4O3. The minimum atomic E-state index is -0.706. The maximum Gasteiger partial charge on any atom is 0.280 e. The van der Waals surface area contributed by atoms with Crippen molar-refractivity contribution in [2.75, 3.05) is 6.61 Å². The highest BCUT2D eigenvalue weighted by molar-refractivity contribution is 5.85. The summed E-state index contributed by atoms with van der Waals surface area (Å²) in [6.45, 7) is 4.16. The summed E-state index contributed by atoms with van der Waals surface area (Å²) in [6.07, 6.45) is 2.33. The number of fused-ring (bicyclic) bond motifs is 1. The van der Waals surface area contributed by atoms with E-state index in [1.807, 2.05) is 31.2 Å². The highest BCUT2D eigenvalue weighted by Gasteiger charge is 2.14. The number of ether oxygens (including phenoxy) is 2. The van der Waals surface area contributed by atoms with Gasteiger partial charge in [-0.25, -0.2) is 10.4 Å². The van der Waals surface area contributed by atoms with Gasteiger partial charge in [-0.3, -0.25) is 9.78 Å². The Hall–Kier alpha value is -3.48. The van der Waals surface area contributed by atoms with Crippen molar-refractivity contribution in [3.8, 4) is 11.5 Å². The van der Waals surface area contributed by atoms with Crippen molar-refractivity contribution in [1.29, 1.82) is 0 Å². The standard InChI is InChI=1S/C20H20N4O3/c1-3-26-16-8-10-17(11-9-16)27-14(2)20(25)24-22-13-15-12-21-18-6-4-5-7-19(18)23-15/h4-14H,3H2,1-2H3,(H,24,25)/b22-13-/t14-/m0/s1. The third-order valence-corrected chi connectivity index (χ3v) is 3.66. The lowest BCUT2D eigenvalue weighted by Gasteiger charge is -2.13. The monoisotopic (exact) mass is 364 g/mol. The van der Waals surface area contributed by atoms with Gasteiger partial charge >= 0.3 is 0 Å². The molecule has 1 atom stereocenters. The van der Waals surface area contributed by atoms with E-state index < -0.39 is 6.10 Å². The van der Waals surface area contributed by atoms with E-state index in [1.165, 1.54) is 6.21 Å². The Labute approximate surface area is 157 Å². The topological polar surface area (TPSA) is 85.7 Å². The molecule has 0 aliphatic carbocycles. The fourth-order valence-electron chi connectivity index (χ4n) is 2.33. The number of para-hydroxylation sites is 2. The average Bonchev–Trinajstić information content (AvgIpc) is 2.69. The Kier molecular flexibility index (Phi) is 5.94. The van der Waals surface area contributed by atoms with Crippen LogP contribution in [0, 0.1) is 0 Å². The molecule has 1 heterocycles. The number of amides is 1. The summed E-state index contributed by atoms with van der Waals surface area (Å²) < 4.78 is 11.0. The Morgan fingerprint density at radius 1 is 1.15 bits per heavy atom. The van der Waals surface area contributed by atoms with Gasteiger partial charge in [-0.2, -0.15) is 5.10 Å². The number of rotatable bonds is 7. The fourth-order valence-corrected chi connectivity index (χ4v) is 2.33. The summed E-state index contributed by atoms with van der Waals surface area (Å²) in [5.74, 6) is 0.961. The third-order valence-electron chi connectivity index (χ3n) is 3.66. The van der Waals surface area contributed by atoms with E-state index in [0.717, 1.165) is 16.8 Å². The summed E-state index contributed by atoms with van der Waals surface area (Å²) in [6, 6.07) is 14.6. The van der Waals surface area contributed by atoms with Crippen LogP contribution in [0.25, 0.3) is 11.0 Å². The van der Waals surface area contributed by atoms with E-state index in [9.17, 15) is 4.79 Å². The Balaban J connectivity index is 1.54. The predicted molar refractivity (Wildman–Crippen MR) is 103 cm³/mol. The van der Waals surface area contributed by atoms with Gasteiger partial charge in [-0.05, 0) is 50.2 Å². The summed E-state index contributed by atoms with van der Waals surface area (Å²) >= 11 is 0. The summed E-state index contributed by atoms with van der Waals surface area (Å²) in [5, 5.41) is 3.92. The Morgan fingerprint density at radius 3 is 2.59 bits per heavy atom. The van der Waals surface area contributed by atoms with Gasteiger partial charge < -0.3 is 9.47 Å². The van der Waals surface area contributed by atoms with Gasteiger partial charge in [0, 0.05) is 0 Å². The second kappa shape index (κ2) is 8.75. The van der Waals surface area contributed by atoms with Crippen LogP contribution in [0.3, 0.4) is 0 Å². The molecule has 1 amide bonds. The van der Waals surface area contributed by atoms with Gasteiger partial charge in [-0.1, -0.05) is 12.1 Å². The average molecular weight is 364 g/mol. The number of nitrogens with zero attached hydrogens (tertiary/aromatic N) is 3. The zero-order chi connectivity index (χ0) is 19.1. The van der Waals surface area contributed by atoms with Crippen LogP contribution < -0.4 is 14.9 Å². The second-order valence-electron chi connectivity index (χ2n) is 5.68. The molecule has 3 aromatic rings. The van der Waals surface area contributed by atoms with Crippen molar-refractivity contribution in [3.05, 3.63) is 60.4 Å². The number of hydrogen-bond acceptors (Lipinski definition) is 6. The first-order chi connectivity index (χ1) is 13.2. The Bertz CT molecular complexity index is 941. The molecule has 1 aromatic heterocycles. The molecule has 0 aliphatic rings. The highest BCUT2D eigenvalue weighted by atomic mass is 16.5. The van der Waals surface area contributed by atoms with Crippen molar-refractivity contribution in [2.24, 2.45) is 5.10 Å². The van der Waals surface area contributed by atoms with E-state index >= 15 is 0 Å². The summed E-state index contributed by atoms with van der Waals surface area (Å²) in [7, 11) is 0. The molecule has 0 spiro atoms. The number of nitrogens with one attached hydrogen (secondary N) is 1. The van der Waals surface area contributed by atoms with Crippen LogP contribution in [0.4, 0.5) is 0 Å². The van der Waals surface area contributed by atoms with Crippen LogP contribution in [0.5, 0.6) is 11.5 Å². The molecule has 138 valence electrons. The fraction of sp³-hybridized carbons (Fsp3) is 0.200. The van der Waals surface area contributed by atoms with Crippen molar-refractivity contribution >= 4 is 23.2 Å². The van der Waals surface area contributed by atoms with Crippen molar-refractivity contribution < 1.29 is 14.3 Å². The van der Waals surface area contributed by atoms with Crippen molar-refractivity contribution in [1.82, 2.24) is 15.4 Å². The molecule has 7 heteroatoms. The van der Waals surface area contributed by atoms with Crippen LogP contribution in [0.1, 0.15) is 19.5 Å². The molecular weight excluding hydrogens is 344 g/mol. The van der Waals surface area contributed by atoms with Gasteiger partial charge in [0.25, 0.3) is 5.91 Å². The van der Waals surface area contributed by atoms with Gasteiger partial charge in [0.2, 0.25) is 0 Å². The lowest BCUT2D eigenvalue weighted by molar-refractivity contribution is -0.127. The number of benzene rings is 2. The zero-order valence-electron chi connectivity index (χ0n) is 15.1. The molecule has 0 saturated heterocycles. The highest BCUT2D eigenvalue weighted by Crippen LogP contribution is 2.18. The molecule has 0 saturated carbocycles. The third kappa shape index (κ3) is 5.01. The van der Waals surface area contributed by atoms with Gasteiger partial charge in [-0.15, -0.1) is 0 Å². The molecule has 0 fully saturated rings. The first-order valence-electron chi connectivity index (χ1n) is 8.60. The van der Waals surface area contributed by atoms with Crippen molar-refractivity contribution in [2.45, 2.75) is 20.0 Å². The minimum absolute atomic E-state index is 0.367. The van der Waals surface area contributed by atoms with Crippen LogP contribution >= 0.6 is 0 Å². The molecule has 0 aliphatic heterocycles. The van der Waals surface area contributed by atoms with Crippen molar-refractivity contribution in [3.63, 3.8) is 0 Å². The predicted octanol–water partition coefficient (Wildman–Crippen LogP) is 2.95. The maximum atomic E-state index is 12.1. The van der Waals surface area contributed by atoms with E-state index in [1.54, 1.807) is 37.4 Å². The smallest absolute Gasteiger partial charge is 0.280 e. The summed E-state index contributed by atoms with van der Waals surface area (Å²) in [5.41, 5.74) is 4.56. The van der Waals surface area contributed by atoms with Gasteiger partial charge in [0.1, 0.15) is 17.2 Å². The van der Waals surface area contributed by atoms with Gasteiger partial charge in [0.05, 0.1) is 30.1 Å². The van der Waals surface area contributed by atoms with Crippen LogP contribution in [0.15, 0.2) is 59.8 Å².